The number of carbonyl (C=O) groups excluding carboxylic acids is 3. The molecule has 2 rings (SSSR count). The van der Waals surface area contributed by atoms with Crippen LogP contribution in [0.2, 0.25) is 0 Å². The first-order valence-corrected chi connectivity index (χ1v) is 8.24. The lowest BCUT2D eigenvalue weighted by Gasteiger charge is -2.14. The predicted octanol–water partition coefficient (Wildman–Crippen LogP) is 1.76. The van der Waals surface area contributed by atoms with Gasteiger partial charge in [0.1, 0.15) is 0 Å². The highest BCUT2D eigenvalue weighted by atomic mass is 16.5. The fraction of sp³-hybridized carbons (Fsp3) is 0.389. The molecule has 0 atom stereocenters. The van der Waals surface area contributed by atoms with Gasteiger partial charge in [-0.05, 0) is 25.0 Å². The monoisotopic (exact) mass is 346 g/mol. The zero-order valence-electron chi connectivity index (χ0n) is 14.3. The first-order chi connectivity index (χ1) is 12.0. The van der Waals surface area contributed by atoms with Gasteiger partial charge in [-0.1, -0.05) is 32.0 Å². The highest BCUT2D eigenvalue weighted by Crippen LogP contribution is 2.20. The summed E-state index contributed by atoms with van der Waals surface area (Å²) in [7, 11) is 0. The molecule has 7 heteroatoms. The fourth-order valence-electron chi connectivity index (χ4n) is 2.33. The standard InChI is InChI=1S/C18H22N2O5/c1-3-12(4-2)19-15(22)11-25-18(23)16-14(21)10-24-17(16)20-13-8-6-5-7-9-13/h5-9,12,20H,3-4,10-11H2,1-2H3,(H,19,22). The summed E-state index contributed by atoms with van der Waals surface area (Å²) in [5.41, 5.74) is 0.461. The van der Waals surface area contributed by atoms with Crippen molar-refractivity contribution in [2.75, 3.05) is 18.5 Å². The van der Waals surface area contributed by atoms with Crippen LogP contribution in [-0.2, 0) is 23.9 Å². The second-order valence-electron chi connectivity index (χ2n) is 5.56. The third-order valence-corrected chi connectivity index (χ3v) is 3.77. The number of rotatable bonds is 8. The van der Waals surface area contributed by atoms with Gasteiger partial charge in [0.15, 0.2) is 18.8 Å². The maximum atomic E-state index is 12.2. The van der Waals surface area contributed by atoms with Crippen molar-refractivity contribution in [2.45, 2.75) is 32.7 Å². The average Bonchev–Trinajstić information content (AvgIpc) is 2.98. The van der Waals surface area contributed by atoms with Crippen LogP contribution in [0.4, 0.5) is 5.69 Å². The number of esters is 1. The third kappa shape index (κ3) is 5.07. The Kier molecular flexibility index (Phi) is 6.56. The molecule has 0 unspecified atom stereocenters. The van der Waals surface area contributed by atoms with E-state index >= 15 is 0 Å². The number of benzene rings is 1. The van der Waals surface area contributed by atoms with Crippen molar-refractivity contribution < 1.29 is 23.9 Å². The Bertz CT molecular complexity index is 665. The van der Waals surface area contributed by atoms with Gasteiger partial charge in [0, 0.05) is 11.7 Å². The van der Waals surface area contributed by atoms with Crippen LogP contribution in [0.5, 0.6) is 0 Å². The Hall–Kier alpha value is -2.83. The summed E-state index contributed by atoms with van der Waals surface area (Å²) in [6.45, 7) is 3.24. The lowest BCUT2D eigenvalue weighted by molar-refractivity contribution is -0.145. The molecule has 0 fully saturated rings. The number of anilines is 1. The predicted molar refractivity (Wildman–Crippen MR) is 91.5 cm³/mol. The molecule has 0 aliphatic carbocycles. The van der Waals surface area contributed by atoms with E-state index in [1.807, 2.05) is 19.9 Å². The highest BCUT2D eigenvalue weighted by molar-refractivity contribution is 6.20. The van der Waals surface area contributed by atoms with Crippen LogP contribution in [-0.4, -0.2) is 36.9 Å². The summed E-state index contributed by atoms with van der Waals surface area (Å²) < 4.78 is 10.2. The van der Waals surface area contributed by atoms with Crippen molar-refractivity contribution in [3.05, 3.63) is 41.8 Å². The molecule has 1 aromatic rings. The zero-order chi connectivity index (χ0) is 18.2. The summed E-state index contributed by atoms with van der Waals surface area (Å²) in [6.07, 6.45) is 1.58. The van der Waals surface area contributed by atoms with Crippen LogP contribution < -0.4 is 10.6 Å². The lowest BCUT2D eigenvalue weighted by Crippen LogP contribution is -2.37. The largest absolute Gasteiger partial charge is 0.470 e. The molecule has 0 spiro atoms. The van der Waals surface area contributed by atoms with Gasteiger partial charge in [-0.25, -0.2) is 4.79 Å². The third-order valence-electron chi connectivity index (χ3n) is 3.77. The number of hydrogen-bond acceptors (Lipinski definition) is 6. The van der Waals surface area contributed by atoms with Crippen molar-refractivity contribution in [3.63, 3.8) is 0 Å². The minimum Gasteiger partial charge on any atom is -0.470 e. The summed E-state index contributed by atoms with van der Waals surface area (Å²) >= 11 is 0. The molecule has 1 aliphatic rings. The number of ether oxygens (including phenoxy) is 2. The minimum absolute atomic E-state index is 0.0390. The normalized spacial score (nSPS) is 13.6. The van der Waals surface area contributed by atoms with Gasteiger partial charge in [0.2, 0.25) is 11.7 Å². The Balaban J connectivity index is 1.99. The second kappa shape index (κ2) is 8.86. The molecule has 0 aromatic heterocycles. The maximum absolute atomic E-state index is 12.2. The molecule has 7 nitrogen and oxygen atoms in total. The molecular formula is C18H22N2O5. The number of ketones is 1. The molecular weight excluding hydrogens is 324 g/mol. The first kappa shape index (κ1) is 18.5. The van der Waals surface area contributed by atoms with Gasteiger partial charge in [-0.2, -0.15) is 0 Å². The van der Waals surface area contributed by atoms with E-state index in [1.54, 1.807) is 24.3 Å². The summed E-state index contributed by atoms with van der Waals surface area (Å²) in [6, 6.07) is 9.03. The molecule has 0 radical (unpaired) electrons. The van der Waals surface area contributed by atoms with Crippen LogP contribution in [0, 0.1) is 0 Å². The zero-order valence-corrected chi connectivity index (χ0v) is 14.3. The smallest absolute Gasteiger partial charge is 0.347 e. The Labute approximate surface area is 146 Å². The molecule has 1 aliphatic heterocycles. The number of carbonyl (C=O) groups is 3. The molecule has 0 saturated carbocycles. The maximum Gasteiger partial charge on any atom is 0.347 e. The molecule has 25 heavy (non-hydrogen) atoms. The van der Waals surface area contributed by atoms with Crippen LogP contribution in [0.3, 0.4) is 0 Å². The SMILES string of the molecule is CCC(CC)NC(=O)COC(=O)C1=C(Nc2ccccc2)OCC1=O. The van der Waals surface area contributed by atoms with Crippen molar-refractivity contribution in [1.29, 1.82) is 0 Å². The number of amides is 1. The fourth-order valence-corrected chi connectivity index (χ4v) is 2.33. The van der Waals surface area contributed by atoms with E-state index < -0.39 is 24.3 Å². The number of Topliss-reactive ketones (excluding diaryl/α,β-unsaturated/α-hetero) is 1. The number of para-hydroxylation sites is 1. The summed E-state index contributed by atoms with van der Waals surface area (Å²) in [5, 5.41) is 5.64. The summed E-state index contributed by atoms with van der Waals surface area (Å²) in [4.78, 5) is 35.9. The number of hydrogen-bond donors (Lipinski definition) is 2. The summed E-state index contributed by atoms with van der Waals surface area (Å²) in [5.74, 6) is -1.71. The van der Waals surface area contributed by atoms with Gasteiger partial charge >= 0.3 is 5.97 Å². The molecule has 1 aromatic carbocycles. The van der Waals surface area contributed by atoms with Gasteiger partial charge in [0.05, 0.1) is 0 Å². The van der Waals surface area contributed by atoms with E-state index in [0.29, 0.717) is 5.69 Å². The van der Waals surface area contributed by atoms with Gasteiger partial charge < -0.3 is 20.1 Å². The lowest BCUT2D eigenvalue weighted by atomic mass is 10.2. The Morgan fingerprint density at radius 1 is 1.20 bits per heavy atom. The van der Waals surface area contributed by atoms with E-state index in [1.165, 1.54) is 0 Å². The molecule has 134 valence electrons. The van der Waals surface area contributed by atoms with E-state index in [4.69, 9.17) is 9.47 Å². The van der Waals surface area contributed by atoms with Crippen LogP contribution in [0.25, 0.3) is 0 Å². The van der Waals surface area contributed by atoms with Gasteiger partial charge in [-0.3, -0.25) is 9.59 Å². The van der Waals surface area contributed by atoms with Gasteiger partial charge in [0.25, 0.3) is 5.91 Å². The minimum atomic E-state index is -0.874. The van der Waals surface area contributed by atoms with Crippen molar-refractivity contribution in [2.24, 2.45) is 0 Å². The van der Waals surface area contributed by atoms with E-state index in [2.05, 4.69) is 10.6 Å². The Morgan fingerprint density at radius 3 is 2.52 bits per heavy atom. The van der Waals surface area contributed by atoms with Crippen molar-refractivity contribution >= 4 is 23.3 Å². The molecule has 0 bridgehead atoms. The van der Waals surface area contributed by atoms with Crippen molar-refractivity contribution in [1.82, 2.24) is 5.32 Å². The average molecular weight is 346 g/mol. The molecule has 2 N–H and O–H groups in total. The number of nitrogens with one attached hydrogen (secondary N) is 2. The van der Waals surface area contributed by atoms with E-state index in [9.17, 15) is 14.4 Å². The van der Waals surface area contributed by atoms with Crippen molar-refractivity contribution in [3.8, 4) is 0 Å². The molecule has 1 amide bonds. The second-order valence-corrected chi connectivity index (χ2v) is 5.56. The topological polar surface area (TPSA) is 93.7 Å². The van der Waals surface area contributed by atoms with E-state index in [-0.39, 0.29) is 24.1 Å². The van der Waals surface area contributed by atoms with Crippen LogP contribution in [0.15, 0.2) is 41.8 Å². The quantitative estimate of drug-likeness (QED) is 0.550. The highest BCUT2D eigenvalue weighted by Gasteiger charge is 2.32. The molecule has 1 heterocycles. The van der Waals surface area contributed by atoms with Crippen LogP contribution >= 0.6 is 0 Å². The van der Waals surface area contributed by atoms with E-state index in [0.717, 1.165) is 12.8 Å². The van der Waals surface area contributed by atoms with Crippen LogP contribution in [0.1, 0.15) is 26.7 Å². The van der Waals surface area contributed by atoms with Gasteiger partial charge in [-0.15, -0.1) is 0 Å². The molecule has 0 saturated heterocycles. The Morgan fingerprint density at radius 2 is 1.88 bits per heavy atom. The first-order valence-electron chi connectivity index (χ1n) is 8.24.